The van der Waals surface area contributed by atoms with Crippen LogP contribution in [0.3, 0.4) is 0 Å². The lowest BCUT2D eigenvalue weighted by atomic mass is 9.96. The normalized spacial score (nSPS) is 15.2. The number of rotatable bonds is 6. The van der Waals surface area contributed by atoms with E-state index in [9.17, 15) is 17.2 Å². The largest absolute Gasteiger partial charge is 0.330 e. The second-order valence-corrected chi connectivity index (χ2v) is 6.28. The molecular formula is C12H18F2N2O2S. The second-order valence-electron chi connectivity index (χ2n) is 4.63. The monoisotopic (exact) mass is 292 g/mol. The van der Waals surface area contributed by atoms with Crippen molar-refractivity contribution in [2.45, 2.75) is 37.1 Å². The van der Waals surface area contributed by atoms with Crippen LogP contribution in [0.2, 0.25) is 0 Å². The molecule has 7 heteroatoms. The quantitative estimate of drug-likeness (QED) is 0.839. The van der Waals surface area contributed by atoms with E-state index in [1.54, 1.807) is 13.8 Å². The first-order chi connectivity index (χ1) is 8.74. The van der Waals surface area contributed by atoms with Gasteiger partial charge < -0.3 is 5.73 Å². The van der Waals surface area contributed by atoms with Crippen LogP contribution in [0, 0.1) is 11.6 Å². The van der Waals surface area contributed by atoms with Crippen LogP contribution in [-0.2, 0) is 10.0 Å². The fraction of sp³-hybridized carbons (Fsp3) is 0.500. The predicted molar refractivity (Wildman–Crippen MR) is 69.0 cm³/mol. The zero-order valence-corrected chi connectivity index (χ0v) is 11.7. The first-order valence-corrected chi connectivity index (χ1v) is 7.41. The van der Waals surface area contributed by atoms with Gasteiger partial charge in [0.05, 0.1) is 0 Å². The van der Waals surface area contributed by atoms with E-state index in [0.717, 1.165) is 12.1 Å². The van der Waals surface area contributed by atoms with Crippen LogP contribution in [0.4, 0.5) is 8.78 Å². The van der Waals surface area contributed by atoms with Crippen molar-refractivity contribution in [3.8, 4) is 0 Å². The van der Waals surface area contributed by atoms with Crippen molar-refractivity contribution < 1.29 is 17.2 Å². The molecule has 0 bridgehead atoms. The molecule has 0 saturated carbocycles. The van der Waals surface area contributed by atoms with Crippen LogP contribution < -0.4 is 10.5 Å². The van der Waals surface area contributed by atoms with E-state index in [0.29, 0.717) is 25.5 Å². The number of benzene rings is 1. The molecule has 0 spiro atoms. The van der Waals surface area contributed by atoms with E-state index in [1.807, 2.05) is 0 Å². The summed E-state index contributed by atoms with van der Waals surface area (Å²) in [5.41, 5.74) is 4.68. The van der Waals surface area contributed by atoms with Gasteiger partial charge in [0.2, 0.25) is 10.0 Å². The molecule has 0 radical (unpaired) electrons. The maximum Gasteiger partial charge on any atom is 0.243 e. The maximum absolute atomic E-state index is 13.5. The van der Waals surface area contributed by atoms with E-state index in [-0.39, 0.29) is 0 Å². The summed E-state index contributed by atoms with van der Waals surface area (Å²) in [5, 5.41) is 0. The average Bonchev–Trinajstić information content (AvgIpc) is 2.27. The summed E-state index contributed by atoms with van der Waals surface area (Å²) in [5.74, 6) is -1.93. The Morgan fingerprint density at radius 3 is 2.47 bits per heavy atom. The molecule has 0 amide bonds. The summed E-state index contributed by atoms with van der Waals surface area (Å²) in [6.45, 7) is 3.80. The fourth-order valence-corrected chi connectivity index (χ4v) is 3.26. The fourth-order valence-electron chi connectivity index (χ4n) is 1.69. The standard InChI is InChI=1S/C12H18F2N2O2S/c1-3-12(2,6-7-15)16-19(17,18)11-5-4-9(13)8-10(11)14/h4-5,8,16H,3,6-7,15H2,1-2H3. The van der Waals surface area contributed by atoms with Gasteiger partial charge in [-0.15, -0.1) is 0 Å². The Kier molecular flexibility index (Phi) is 5.00. The van der Waals surface area contributed by atoms with Gasteiger partial charge in [0.15, 0.2) is 0 Å². The first kappa shape index (κ1) is 16.0. The van der Waals surface area contributed by atoms with Crippen molar-refractivity contribution >= 4 is 10.0 Å². The van der Waals surface area contributed by atoms with Crippen molar-refractivity contribution in [2.24, 2.45) is 5.73 Å². The van der Waals surface area contributed by atoms with Crippen LogP contribution in [0.15, 0.2) is 23.1 Å². The van der Waals surface area contributed by atoms with Gasteiger partial charge in [-0.3, -0.25) is 0 Å². The molecule has 1 aromatic rings. The Morgan fingerprint density at radius 1 is 1.37 bits per heavy atom. The van der Waals surface area contributed by atoms with Crippen LogP contribution in [0.1, 0.15) is 26.7 Å². The van der Waals surface area contributed by atoms with Crippen molar-refractivity contribution in [1.82, 2.24) is 4.72 Å². The van der Waals surface area contributed by atoms with E-state index >= 15 is 0 Å². The van der Waals surface area contributed by atoms with E-state index in [1.165, 1.54) is 0 Å². The zero-order valence-electron chi connectivity index (χ0n) is 10.9. The minimum atomic E-state index is -4.05. The highest BCUT2D eigenvalue weighted by molar-refractivity contribution is 7.89. The molecule has 108 valence electrons. The molecule has 1 atom stereocenters. The van der Waals surface area contributed by atoms with Crippen LogP contribution in [-0.4, -0.2) is 20.5 Å². The van der Waals surface area contributed by atoms with E-state index < -0.39 is 32.1 Å². The van der Waals surface area contributed by atoms with Gasteiger partial charge in [-0.2, -0.15) is 0 Å². The molecule has 0 heterocycles. The highest BCUT2D eigenvalue weighted by Gasteiger charge is 2.30. The van der Waals surface area contributed by atoms with Gasteiger partial charge in [-0.25, -0.2) is 21.9 Å². The number of hydrogen-bond acceptors (Lipinski definition) is 3. The van der Waals surface area contributed by atoms with Crippen LogP contribution >= 0.6 is 0 Å². The van der Waals surface area contributed by atoms with Crippen LogP contribution in [0.5, 0.6) is 0 Å². The summed E-state index contributed by atoms with van der Waals surface area (Å²) < 4.78 is 52.9. The molecule has 0 aliphatic heterocycles. The number of halogens is 2. The molecule has 3 N–H and O–H groups in total. The Labute approximate surface area is 112 Å². The molecule has 0 aliphatic carbocycles. The SMILES string of the molecule is CCC(C)(CCN)NS(=O)(=O)c1ccc(F)cc1F. The molecule has 0 fully saturated rings. The number of nitrogens with one attached hydrogen (secondary N) is 1. The third-order valence-electron chi connectivity index (χ3n) is 3.04. The summed E-state index contributed by atoms with van der Waals surface area (Å²) in [6, 6.07) is 2.36. The Bertz CT molecular complexity index is 549. The second kappa shape index (κ2) is 5.94. The third kappa shape index (κ3) is 3.95. The molecule has 19 heavy (non-hydrogen) atoms. The summed E-state index contributed by atoms with van der Waals surface area (Å²) in [4.78, 5) is -0.564. The van der Waals surface area contributed by atoms with Crippen molar-refractivity contribution in [2.75, 3.05) is 6.54 Å². The molecule has 1 rings (SSSR count). The Morgan fingerprint density at radius 2 is 2.00 bits per heavy atom. The topological polar surface area (TPSA) is 72.2 Å². The van der Waals surface area contributed by atoms with E-state index in [4.69, 9.17) is 5.73 Å². The van der Waals surface area contributed by atoms with Gasteiger partial charge in [-0.1, -0.05) is 6.92 Å². The zero-order chi connectivity index (χ0) is 14.7. The highest BCUT2D eigenvalue weighted by atomic mass is 32.2. The summed E-state index contributed by atoms with van der Waals surface area (Å²) in [7, 11) is -4.05. The molecular weight excluding hydrogens is 274 g/mol. The minimum Gasteiger partial charge on any atom is -0.330 e. The van der Waals surface area contributed by atoms with Crippen molar-refractivity contribution in [3.05, 3.63) is 29.8 Å². The first-order valence-electron chi connectivity index (χ1n) is 5.93. The maximum atomic E-state index is 13.5. The van der Waals surface area contributed by atoms with Gasteiger partial charge in [0.1, 0.15) is 16.5 Å². The van der Waals surface area contributed by atoms with Crippen molar-refractivity contribution in [3.63, 3.8) is 0 Å². The predicted octanol–water partition coefficient (Wildman–Crippen LogP) is 1.76. The molecule has 0 aliphatic rings. The molecule has 0 saturated heterocycles. The lowest BCUT2D eigenvalue weighted by Gasteiger charge is -2.28. The molecule has 4 nitrogen and oxygen atoms in total. The lowest BCUT2D eigenvalue weighted by molar-refractivity contribution is 0.378. The highest BCUT2D eigenvalue weighted by Crippen LogP contribution is 2.21. The minimum absolute atomic E-state index is 0.304. The molecule has 1 unspecified atom stereocenters. The molecule has 1 aromatic carbocycles. The number of sulfonamides is 1. The Hall–Kier alpha value is -1.05. The third-order valence-corrected chi connectivity index (χ3v) is 4.71. The molecule has 0 aromatic heterocycles. The van der Waals surface area contributed by atoms with Gasteiger partial charge in [0, 0.05) is 11.6 Å². The van der Waals surface area contributed by atoms with Gasteiger partial charge >= 0.3 is 0 Å². The summed E-state index contributed by atoms with van der Waals surface area (Å²) in [6.07, 6.45) is 0.928. The summed E-state index contributed by atoms with van der Waals surface area (Å²) >= 11 is 0. The average molecular weight is 292 g/mol. The van der Waals surface area contributed by atoms with E-state index in [2.05, 4.69) is 4.72 Å². The van der Waals surface area contributed by atoms with Gasteiger partial charge in [0.25, 0.3) is 0 Å². The van der Waals surface area contributed by atoms with Crippen LogP contribution in [0.25, 0.3) is 0 Å². The van der Waals surface area contributed by atoms with Gasteiger partial charge in [-0.05, 0) is 38.4 Å². The lowest BCUT2D eigenvalue weighted by Crippen LogP contribution is -2.46. The number of nitrogens with two attached hydrogens (primary N) is 1. The van der Waals surface area contributed by atoms with Crippen molar-refractivity contribution in [1.29, 1.82) is 0 Å². The number of hydrogen-bond donors (Lipinski definition) is 2. The Balaban J connectivity index is 3.10. The smallest absolute Gasteiger partial charge is 0.243 e.